The maximum atomic E-state index is 11.8. The molecule has 3 aromatic rings. The Morgan fingerprint density at radius 3 is 2.42 bits per heavy atom. The molecule has 0 amide bonds. The first kappa shape index (κ1) is 15.2. The molecule has 0 saturated heterocycles. The van der Waals surface area contributed by atoms with E-state index in [2.05, 4.69) is 47.8 Å². The molecule has 5 rings (SSSR count). The topological polar surface area (TPSA) is 49.3 Å². The highest BCUT2D eigenvalue weighted by atomic mass is 16.4. The van der Waals surface area contributed by atoms with Gasteiger partial charge in [0.15, 0.2) is 0 Å². The number of aromatic carboxylic acids is 1. The standard InChI is InChI=1S/C23H19NO2/c25-23(26)18-12-6-11-17-20-16-10-5-4-9-15(16)13-19(20)21(24-22(17)18)14-7-2-1-3-8-14/h1-12,19-21,24H,13H2,(H,25,26)/t19-,20+,21-/m1/s1. The summed E-state index contributed by atoms with van der Waals surface area (Å²) in [5.41, 5.74) is 6.15. The summed E-state index contributed by atoms with van der Waals surface area (Å²) in [6, 6.07) is 24.7. The lowest BCUT2D eigenvalue weighted by Gasteiger charge is -2.38. The molecule has 0 bridgehead atoms. The minimum absolute atomic E-state index is 0.0987. The maximum absolute atomic E-state index is 11.8. The molecular formula is C23H19NO2. The quantitative estimate of drug-likeness (QED) is 0.700. The van der Waals surface area contributed by atoms with Crippen molar-refractivity contribution in [2.45, 2.75) is 18.4 Å². The van der Waals surface area contributed by atoms with Gasteiger partial charge >= 0.3 is 5.97 Å². The van der Waals surface area contributed by atoms with Crippen LogP contribution < -0.4 is 5.32 Å². The molecule has 2 aliphatic rings. The highest BCUT2D eigenvalue weighted by Gasteiger charge is 2.44. The number of carboxylic acids is 1. The summed E-state index contributed by atoms with van der Waals surface area (Å²) in [6.07, 6.45) is 1.00. The van der Waals surface area contributed by atoms with Gasteiger partial charge in [-0.1, -0.05) is 66.7 Å². The van der Waals surface area contributed by atoms with E-state index in [1.807, 2.05) is 24.3 Å². The Bertz CT molecular complexity index is 996. The van der Waals surface area contributed by atoms with Crippen molar-refractivity contribution in [2.75, 3.05) is 5.32 Å². The summed E-state index contributed by atoms with van der Waals surface area (Å²) in [6.45, 7) is 0. The molecule has 3 aromatic carbocycles. The van der Waals surface area contributed by atoms with Gasteiger partial charge < -0.3 is 10.4 Å². The van der Waals surface area contributed by atoms with Crippen LogP contribution in [0.2, 0.25) is 0 Å². The molecule has 0 saturated carbocycles. The Hall–Kier alpha value is -3.07. The van der Waals surface area contributed by atoms with Crippen LogP contribution in [-0.4, -0.2) is 11.1 Å². The fourth-order valence-corrected chi connectivity index (χ4v) is 4.76. The number of benzene rings is 3. The van der Waals surface area contributed by atoms with E-state index in [9.17, 15) is 9.90 Å². The van der Waals surface area contributed by atoms with Gasteiger partial charge in [-0.2, -0.15) is 0 Å². The van der Waals surface area contributed by atoms with Crippen LogP contribution in [0.3, 0.4) is 0 Å². The van der Waals surface area contributed by atoms with Crippen molar-refractivity contribution in [3.63, 3.8) is 0 Å². The van der Waals surface area contributed by atoms with Gasteiger partial charge in [-0.15, -0.1) is 0 Å². The second-order valence-corrected chi connectivity index (χ2v) is 7.15. The van der Waals surface area contributed by atoms with E-state index in [1.165, 1.54) is 16.7 Å². The van der Waals surface area contributed by atoms with Crippen LogP contribution in [-0.2, 0) is 6.42 Å². The van der Waals surface area contributed by atoms with E-state index in [-0.39, 0.29) is 12.0 Å². The van der Waals surface area contributed by atoms with Crippen LogP contribution in [0.15, 0.2) is 72.8 Å². The molecule has 0 aromatic heterocycles. The Balaban J connectivity index is 1.74. The lowest BCUT2D eigenvalue weighted by molar-refractivity contribution is 0.0697. The van der Waals surface area contributed by atoms with Gasteiger partial charge in [0.1, 0.15) is 0 Å². The minimum atomic E-state index is -0.883. The molecule has 2 N–H and O–H groups in total. The zero-order chi connectivity index (χ0) is 17.7. The number of nitrogens with one attached hydrogen (secondary N) is 1. The number of hydrogen-bond acceptors (Lipinski definition) is 2. The van der Waals surface area contributed by atoms with E-state index >= 15 is 0 Å². The summed E-state index contributed by atoms with van der Waals surface area (Å²) in [7, 11) is 0. The molecule has 0 radical (unpaired) electrons. The molecule has 0 fully saturated rings. The van der Waals surface area contributed by atoms with Gasteiger partial charge in [0.25, 0.3) is 0 Å². The van der Waals surface area contributed by atoms with Crippen molar-refractivity contribution in [1.29, 1.82) is 0 Å². The fraction of sp³-hybridized carbons (Fsp3) is 0.174. The van der Waals surface area contributed by atoms with Crippen LogP contribution in [0.25, 0.3) is 0 Å². The van der Waals surface area contributed by atoms with Gasteiger partial charge in [-0.25, -0.2) is 4.79 Å². The number of carbonyl (C=O) groups is 1. The van der Waals surface area contributed by atoms with E-state index in [0.717, 1.165) is 17.7 Å². The van der Waals surface area contributed by atoms with E-state index in [1.54, 1.807) is 6.07 Å². The third kappa shape index (κ3) is 2.17. The summed E-state index contributed by atoms with van der Waals surface area (Å²) < 4.78 is 0. The maximum Gasteiger partial charge on any atom is 0.337 e. The second-order valence-electron chi connectivity index (χ2n) is 7.15. The van der Waals surface area contributed by atoms with Crippen LogP contribution in [0, 0.1) is 5.92 Å². The molecule has 1 aliphatic heterocycles. The Kier molecular flexibility index (Phi) is 3.35. The van der Waals surface area contributed by atoms with E-state index in [4.69, 9.17) is 0 Å². The first-order chi connectivity index (χ1) is 12.7. The molecule has 3 heteroatoms. The summed E-state index contributed by atoms with van der Waals surface area (Å²) in [5, 5.41) is 13.3. The third-order valence-corrected chi connectivity index (χ3v) is 5.82. The molecule has 0 spiro atoms. The fourth-order valence-electron chi connectivity index (χ4n) is 4.76. The Morgan fingerprint density at radius 2 is 1.62 bits per heavy atom. The van der Waals surface area contributed by atoms with E-state index < -0.39 is 5.97 Å². The highest BCUT2D eigenvalue weighted by molar-refractivity contribution is 5.96. The zero-order valence-corrected chi connectivity index (χ0v) is 14.2. The van der Waals surface area contributed by atoms with Gasteiger partial charge in [0.05, 0.1) is 17.3 Å². The van der Waals surface area contributed by atoms with E-state index in [0.29, 0.717) is 11.5 Å². The van der Waals surface area contributed by atoms with Crippen LogP contribution >= 0.6 is 0 Å². The van der Waals surface area contributed by atoms with Crippen molar-refractivity contribution < 1.29 is 9.90 Å². The number of anilines is 1. The molecular weight excluding hydrogens is 322 g/mol. The lowest BCUT2D eigenvalue weighted by Crippen LogP contribution is -2.31. The van der Waals surface area contributed by atoms with Crippen LogP contribution in [0.1, 0.15) is 44.6 Å². The van der Waals surface area contributed by atoms with Crippen molar-refractivity contribution >= 4 is 11.7 Å². The Morgan fingerprint density at radius 1 is 0.885 bits per heavy atom. The van der Waals surface area contributed by atoms with Crippen LogP contribution in [0.5, 0.6) is 0 Å². The smallest absolute Gasteiger partial charge is 0.337 e. The summed E-state index contributed by atoms with van der Waals surface area (Å²) in [4.78, 5) is 11.8. The third-order valence-electron chi connectivity index (χ3n) is 5.82. The second kappa shape index (κ2) is 5.73. The first-order valence-corrected chi connectivity index (χ1v) is 8.99. The van der Waals surface area contributed by atoms with Gasteiger partial charge in [-0.05, 0) is 40.7 Å². The van der Waals surface area contributed by atoms with Crippen molar-refractivity contribution in [3.8, 4) is 0 Å². The minimum Gasteiger partial charge on any atom is -0.478 e. The van der Waals surface area contributed by atoms with Crippen molar-refractivity contribution in [2.24, 2.45) is 5.92 Å². The average molecular weight is 341 g/mol. The molecule has 1 heterocycles. The summed E-state index contributed by atoms with van der Waals surface area (Å²) >= 11 is 0. The number of rotatable bonds is 2. The van der Waals surface area contributed by atoms with Gasteiger partial charge in [-0.3, -0.25) is 0 Å². The largest absolute Gasteiger partial charge is 0.478 e. The monoisotopic (exact) mass is 341 g/mol. The molecule has 26 heavy (non-hydrogen) atoms. The molecule has 128 valence electrons. The molecule has 0 unspecified atom stereocenters. The number of para-hydroxylation sites is 1. The lowest BCUT2D eigenvalue weighted by atomic mass is 9.75. The zero-order valence-electron chi connectivity index (χ0n) is 14.2. The SMILES string of the molecule is O=C(O)c1cccc2c1N[C@H](c1ccccc1)[C@@H]1Cc3ccccc3[C@@H]21. The molecule has 3 nitrogen and oxygen atoms in total. The molecule has 3 atom stereocenters. The number of hydrogen-bond donors (Lipinski definition) is 2. The first-order valence-electron chi connectivity index (χ1n) is 8.99. The highest BCUT2D eigenvalue weighted by Crippen LogP contribution is 2.54. The van der Waals surface area contributed by atoms with Gasteiger partial charge in [0.2, 0.25) is 0 Å². The van der Waals surface area contributed by atoms with Crippen LogP contribution in [0.4, 0.5) is 5.69 Å². The average Bonchev–Trinajstić information content (AvgIpc) is 3.07. The van der Waals surface area contributed by atoms with Crippen molar-refractivity contribution in [3.05, 3.63) is 101 Å². The van der Waals surface area contributed by atoms with Crippen molar-refractivity contribution in [1.82, 2.24) is 0 Å². The van der Waals surface area contributed by atoms with Gasteiger partial charge in [0, 0.05) is 5.92 Å². The predicted octanol–water partition coefficient (Wildman–Crippen LogP) is 4.86. The normalized spacial score (nSPS) is 22.7. The predicted molar refractivity (Wildman–Crippen MR) is 102 cm³/mol. The Labute approximate surface area is 152 Å². The molecule has 1 aliphatic carbocycles. The number of fused-ring (bicyclic) bond motifs is 5. The number of carboxylic acid groups (broad SMARTS) is 1. The summed E-state index contributed by atoms with van der Waals surface area (Å²) in [5.74, 6) is -0.274.